The molecular formula is C97H57F5N14. The lowest BCUT2D eigenvalue weighted by Gasteiger charge is -2.23. The Labute approximate surface area is 659 Å². The first-order valence-electron chi connectivity index (χ1n) is 37.3. The van der Waals surface area contributed by atoms with Gasteiger partial charge in [0.25, 0.3) is 0 Å². The van der Waals surface area contributed by atoms with Crippen molar-refractivity contribution < 1.29 is 22.0 Å². The number of benzene rings is 14. The van der Waals surface area contributed by atoms with Crippen LogP contribution in [-0.2, 0) is 6.18 Å². The van der Waals surface area contributed by atoms with Crippen molar-refractivity contribution in [3.8, 4) is 159 Å². The molecule has 0 amide bonds. The van der Waals surface area contributed by atoms with E-state index in [1.807, 2.05) is 267 Å². The van der Waals surface area contributed by atoms with Crippen molar-refractivity contribution in [2.75, 3.05) is 0 Å². The lowest BCUT2D eigenvalue weighted by Crippen LogP contribution is -2.16. The first-order chi connectivity index (χ1) is 56.9. The molecule has 116 heavy (non-hydrogen) atoms. The Hall–Kier alpha value is -15.6. The summed E-state index contributed by atoms with van der Waals surface area (Å²) in [5.74, 6) is 2.14. The maximum absolute atomic E-state index is 18.1. The van der Waals surface area contributed by atoms with Gasteiger partial charge in [0.05, 0.1) is 39.0 Å². The molecular weight excluding hydrogens is 1460 g/mol. The van der Waals surface area contributed by atoms with Crippen LogP contribution in [0.2, 0.25) is 0 Å². The smallest absolute Gasteiger partial charge is 0.309 e. The quantitative estimate of drug-likeness (QED) is 0.0894. The van der Waals surface area contributed by atoms with Crippen molar-refractivity contribution >= 4 is 43.6 Å². The molecule has 0 spiro atoms. The fourth-order valence-corrected chi connectivity index (χ4v) is 15.0. The van der Waals surface area contributed by atoms with E-state index in [0.29, 0.717) is 90.4 Å². The van der Waals surface area contributed by atoms with E-state index >= 15 is 22.0 Å². The molecule has 0 saturated heterocycles. The summed E-state index contributed by atoms with van der Waals surface area (Å²) in [6.45, 7) is 0. The fourth-order valence-electron chi connectivity index (χ4n) is 15.0. The molecule has 0 atom stereocenters. The van der Waals surface area contributed by atoms with Crippen LogP contribution < -0.4 is 0 Å². The predicted molar refractivity (Wildman–Crippen MR) is 444 cm³/mol. The van der Waals surface area contributed by atoms with Gasteiger partial charge in [0.2, 0.25) is 0 Å². The van der Waals surface area contributed by atoms with Gasteiger partial charge in [0, 0.05) is 88.3 Å². The van der Waals surface area contributed by atoms with Gasteiger partial charge in [-0.2, -0.15) is 13.2 Å². The first-order valence-corrected chi connectivity index (χ1v) is 37.3. The monoisotopic (exact) mass is 1510 g/mol. The highest BCUT2D eigenvalue weighted by Gasteiger charge is 2.40. The van der Waals surface area contributed by atoms with Crippen LogP contribution in [-0.4, -0.2) is 68.9 Å². The Morgan fingerprint density at radius 2 is 0.379 bits per heavy atom. The molecule has 6 heterocycles. The molecule has 0 radical (unpaired) electrons. The average Bonchev–Trinajstić information content (AvgIpc) is 1.55. The maximum atomic E-state index is 18.1. The zero-order valence-electron chi connectivity index (χ0n) is 61.1. The van der Waals surface area contributed by atoms with E-state index in [1.165, 1.54) is 27.3 Å². The molecule has 19 heteroatoms. The minimum Gasteiger partial charge on any atom is -0.309 e. The van der Waals surface area contributed by atoms with Crippen molar-refractivity contribution in [3.05, 3.63) is 363 Å². The lowest BCUT2D eigenvalue weighted by atomic mass is 9.98. The zero-order chi connectivity index (χ0) is 78.0. The average molecular weight is 1510 g/mol. The van der Waals surface area contributed by atoms with Crippen LogP contribution in [0, 0.1) is 11.6 Å². The van der Waals surface area contributed by atoms with Crippen molar-refractivity contribution in [1.82, 2.24) is 68.9 Å². The topological polar surface area (TPSA) is 165 Å². The Bertz CT molecular complexity index is 6170. The number of nitrogens with zero attached hydrogens (tertiary/aromatic N) is 14. The van der Waals surface area contributed by atoms with E-state index < -0.39 is 40.3 Å². The fraction of sp³-hybridized carbons (Fsp3) is 0.0103. The van der Waals surface area contributed by atoms with Gasteiger partial charge in [-0.3, -0.25) is 0 Å². The summed E-state index contributed by atoms with van der Waals surface area (Å²) in [7, 11) is 0. The van der Waals surface area contributed by atoms with Crippen LogP contribution in [0.1, 0.15) is 5.56 Å². The lowest BCUT2D eigenvalue weighted by molar-refractivity contribution is -0.137. The van der Waals surface area contributed by atoms with E-state index in [0.717, 1.165) is 56.6 Å². The second kappa shape index (κ2) is 28.9. The summed E-state index contributed by atoms with van der Waals surface area (Å²) >= 11 is 0. The minimum atomic E-state index is -5.25. The minimum absolute atomic E-state index is 0.205. The Balaban J connectivity index is 0.874. The van der Waals surface area contributed by atoms with E-state index in [-0.39, 0.29) is 50.9 Å². The molecule has 550 valence electrons. The second-order valence-corrected chi connectivity index (χ2v) is 27.7. The standard InChI is InChI=1S/C97H57F5N14/c98-75-42-25-43-76(99)83(75)70-56-81(115-77-48-44-66(93-107-85(58-26-9-1-10-27-58)103-86(108-93)59-28-11-2-12-29-59)52-71(77)72-53-67(45-49-78(72)115)94-109-87(60-30-13-3-14-31-60)104-88(110-94)61-32-15-4-16-33-61)84(97(100,101)102)82(57-70)116-79-50-46-68(95-111-89(62-34-17-5-18-35-62)105-90(112-95)63-36-19-6-20-37-63)54-73(79)74-55-69(47-51-80(74)116)96-113-91(64-38-21-7-22-39-64)106-92(114-96)65-40-23-8-24-41-65/h1-57H. The number of hydrogen-bond donors (Lipinski definition) is 0. The summed E-state index contributed by atoms with van der Waals surface area (Å²) in [6, 6.07) is 103. The van der Waals surface area contributed by atoms with Crippen LogP contribution in [0.15, 0.2) is 346 Å². The van der Waals surface area contributed by atoms with Gasteiger partial charge >= 0.3 is 6.18 Å². The summed E-state index contributed by atoms with van der Waals surface area (Å²) in [4.78, 5) is 60.7. The van der Waals surface area contributed by atoms with Gasteiger partial charge in [-0.15, -0.1) is 0 Å². The number of rotatable bonds is 15. The van der Waals surface area contributed by atoms with Crippen LogP contribution in [0.4, 0.5) is 22.0 Å². The van der Waals surface area contributed by atoms with Crippen LogP contribution >= 0.6 is 0 Å². The van der Waals surface area contributed by atoms with E-state index in [1.54, 1.807) is 48.5 Å². The van der Waals surface area contributed by atoms with Crippen molar-refractivity contribution in [2.24, 2.45) is 0 Å². The van der Waals surface area contributed by atoms with Gasteiger partial charge < -0.3 is 9.13 Å². The third-order valence-electron chi connectivity index (χ3n) is 20.5. The molecule has 20 aromatic rings. The third-order valence-corrected chi connectivity index (χ3v) is 20.5. The van der Waals surface area contributed by atoms with Gasteiger partial charge in [0.1, 0.15) is 17.2 Å². The van der Waals surface area contributed by atoms with Gasteiger partial charge in [-0.05, 0) is 103 Å². The normalized spacial score (nSPS) is 11.7. The summed E-state index contributed by atoms with van der Waals surface area (Å²) < 4.78 is 91.7. The SMILES string of the molecule is Fc1cccc(F)c1-c1cc(-n2c3ccc(-c4nc(-c5ccccc5)nc(-c5ccccc5)n4)cc3c3cc(-c4nc(-c5ccccc5)nc(-c5ccccc5)n4)ccc32)c(C(F)(F)F)c(-n2c3ccc(-c4nc(-c5ccccc5)nc(-c5ccccc5)n4)cc3c3cc(-c4nc(-c5ccccc5)nc(-c5ccccc5)n4)ccc32)c1. The third kappa shape index (κ3) is 12.9. The van der Waals surface area contributed by atoms with Crippen LogP contribution in [0.5, 0.6) is 0 Å². The maximum Gasteiger partial charge on any atom is 0.420 e. The highest BCUT2D eigenvalue weighted by molar-refractivity contribution is 6.14. The Morgan fingerprint density at radius 3 is 0.569 bits per heavy atom. The largest absolute Gasteiger partial charge is 0.420 e. The molecule has 0 fully saturated rings. The van der Waals surface area contributed by atoms with Gasteiger partial charge in [-0.25, -0.2) is 68.6 Å². The molecule has 14 aromatic carbocycles. The molecule has 0 aliphatic heterocycles. The number of aromatic nitrogens is 14. The number of alkyl halides is 3. The molecule has 0 bridgehead atoms. The highest BCUT2D eigenvalue weighted by atomic mass is 19.4. The molecule has 0 unspecified atom stereocenters. The molecule has 0 saturated carbocycles. The molecule has 6 aromatic heterocycles. The highest BCUT2D eigenvalue weighted by Crippen LogP contribution is 2.49. The Morgan fingerprint density at radius 1 is 0.190 bits per heavy atom. The molecule has 14 nitrogen and oxygen atoms in total. The Kier molecular flexibility index (Phi) is 17.3. The van der Waals surface area contributed by atoms with Gasteiger partial charge in [0.15, 0.2) is 69.9 Å². The summed E-state index contributed by atoms with van der Waals surface area (Å²) in [5, 5.41) is 1.80. The number of hydrogen-bond acceptors (Lipinski definition) is 12. The molecule has 0 aliphatic carbocycles. The zero-order valence-corrected chi connectivity index (χ0v) is 61.1. The predicted octanol–water partition coefficient (Wildman–Crippen LogP) is 23.6. The van der Waals surface area contributed by atoms with Crippen LogP contribution in [0.3, 0.4) is 0 Å². The second-order valence-electron chi connectivity index (χ2n) is 27.7. The van der Waals surface area contributed by atoms with E-state index in [9.17, 15) is 0 Å². The summed E-state index contributed by atoms with van der Waals surface area (Å²) in [5.41, 5.74) is 5.99. The molecule has 0 aliphatic rings. The first kappa shape index (κ1) is 69.6. The van der Waals surface area contributed by atoms with E-state index in [4.69, 9.17) is 59.8 Å². The van der Waals surface area contributed by atoms with E-state index in [2.05, 4.69) is 0 Å². The van der Waals surface area contributed by atoms with Crippen molar-refractivity contribution in [2.45, 2.75) is 6.18 Å². The summed E-state index contributed by atoms with van der Waals surface area (Å²) in [6.07, 6.45) is -5.25. The van der Waals surface area contributed by atoms with Crippen molar-refractivity contribution in [1.29, 1.82) is 0 Å². The van der Waals surface area contributed by atoms with Gasteiger partial charge in [-0.1, -0.05) is 249 Å². The van der Waals surface area contributed by atoms with Crippen molar-refractivity contribution in [3.63, 3.8) is 0 Å². The molecule has 20 rings (SSSR count). The molecule has 0 N–H and O–H groups in total. The number of halogens is 5. The van der Waals surface area contributed by atoms with Crippen LogP contribution in [0.25, 0.3) is 203 Å². The number of fused-ring (bicyclic) bond motifs is 6.